The molecule has 0 aliphatic heterocycles. The van der Waals surface area contributed by atoms with E-state index in [1.165, 1.54) is 70.6 Å². The molecule has 1 rings (SSSR count). The number of rotatable bonds is 18. The SMILES string of the molecule is CCCCCCCCCCCCC/C=C/[C@H](N)[C@@H](O)COCc1ccccc1. The number of aliphatic hydroxyl groups is 1. The molecule has 3 heteroatoms. The van der Waals surface area contributed by atoms with Gasteiger partial charge in [-0.2, -0.15) is 0 Å². The molecular formula is C25H43NO2. The number of nitrogens with two attached hydrogens (primary N) is 1. The highest BCUT2D eigenvalue weighted by Gasteiger charge is 2.11. The van der Waals surface area contributed by atoms with Crippen molar-refractivity contribution in [1.29, 1.82) is 0 Å². The minimum Gasteiger partial charge on any atom is -0.389 e. The molecule has 0 bridgehead atoms. The molecule has 1 aromatic carbocycles. The smallest absolute Gasteiger partial charge is 0.0959 e. The average molecular weight is 390 g/mol. The predicted molar refractivity (Wildman–Crippen MR) is 120 cm³/mol. The third kappa shape index (κ3) is 13.9. The Kier molecular flexibility index (Phi) is 15.9. The van der Waals surface area contributed by atoms with E-state index in [9.17, 15) is 5.11 Å². The summed E-state index contributed by atoms with van der Waals surface area (Å²) in [5, 5.41) is 10.1. The quantitative estimate of drug-likeness (QED) is 0.234. The molecule has 0 heterocycles. The second-order valence-electron chi connectivity index (χ2n) is 7.90. The molecule has 2 atom stereocenters. The fourth-order valence-corrected chi connectivity index (χ4v) is 3.29. The van der Waals surface area contributed by atoms with Gasteiger partial charge in [-0.3, -0.25) is 0 Å². The van der Waals surface area contributed by atoms with E-state index in [2.05, 4.69) is 13.0 Å². The molecule has 1 aromatic rings. The highest BCUT2D eigenvalue weighted by atomic mass is 16.5. The minimum absolute atomic E-state index is 0.263. The summed E-state index contributed by atoms with van der Waals surface area (Å²) < 4.78 is 5.56. The number of ether oxygens (including phenoxy) is 1. The lowest BCUT2D eigenvalue weighted by molar-refractivity contribution is 0.0229. The normalized spacial score (nSPS) is 13.8. The van der Waals surface area contributed by atoms with Gasteiger partial charge < -0.3 is 15.6 Å². The van der Waals surface area contributed by atoms with E-state index in [1.54, 1.807) is 0 Å². The van der Waals surface area contributed by atoms with E-state index in [-0.39, 0.29) is 12.6 Å². The maximum Gasteiger partial charge on any atom is 0.0959 e. The predicted octanol–water partition coefficient (Wildman–Crippen LogP) is 6.15. The van der Waals surface area contributed by atoms with Gasteiger partial charge >= 0.3 is 0 Å². The Hall–Kier alpha value is -1.16. The summed E-state index contributed by atoms with van der Waals surface area (Å²) in [4.78, 5) is 0. The van der Waals surface area contributed by atoms with Crippen molar-refractivity contribution in [1.82, 2.24) is 0 Å². The lowest BCUT2D eigenvalue weighted by atomic mass is 10.0. The van der Waals surface area contributed by atoms with Crippen molar-refractivity contribution in [3.8, 4) is 0 Å². The van der Waals surface area contributed by atoms with E-state index in [4.69, 9.17) is 10.5 Å². The summed E-state index contributed by atoms with van der Waals surface area (Å²) in [5.41, 5.74) is 7.13. The van der Waals surface area contributed by atoms with Crippen LogP contribution in [-0.4, -0.2) is 23.9 Å². The first-order valence-corrected chi connectivity index (χ1v) is 11.5. The van der Waals surface area contributed by atoms with Crippen molar-refractivity contribution in [2.45, 2.75) is 103 Å². The molecule has 0 radical (unpaired) electrons. The molecule has 0 aliphatic rings. The molecule has 3 N–H and O–H groups in total. The van der Waals surface area contributed by atoms with Gasteiger partial charge in [0.2, 0.25) is 0 Å². The topological polar surface area (TPSA) is 55.5 Å². The van der Waals surface area contributed by atoms with Gasteiger partial charge in [0.15, 0.2) is 0 Å². The molecule has 28 heavy (non-hydrogen) atoms. The summed E-state index contributed by atoms with van der Waals surface area (Å²) in [7, 11) is 0. The Balaban J connectivity index is 1.92. The molecule has 0 saturated carbocycles. The summed E-state index contributed by atoms with van der Waals surface area (Å²) in [6.07, 6.45) is 19.4. The molecule has 0 saturated heterocycles. The van der Waals surface area contributed by atoms with Gasteiger partial charge in [-0.25, -0.2) is 0 Å². The van der Waals surface area contributed by atoms with Crippen LogP contribution in [0.15, 0.2) is 42.5 Å². The standard InChI is InChI=1S/C25H43NO2/c1-2-3-4-5-6-7-8-9-10-11-12-13-17-20-24(26)25(27)22-28-21-23-18-15-14-16-19-23/h14-20,24-25,27H,2-13,21-22,26H2,1H3/b20-17+/t24-,25-/m0/s1. The van der Waals surface area contributed by atoms with Crippen LogP contribution >= 0.6 is 0 Å². The lowest BCUT2D eigenvalue weighted by Gasteiger charge is -2.15. The van der Waals surface area contributed by atoms with Crippen molar-refractivity contribution >= 4 is 0 Å². The second-order valence-corrected chi connectivity index (χ2v) is 7.90. The van der Waals surface area contributed by atoms with Crippen molar-refractivity contribution < 1.29 is 9.84 Å². The second kappa shape index (κ2) is 17.9. The number of aliphatic hydroxyl groups excluding tert-OH is 1. The molecule has 0 unspecified atom stereocenters. The Bertz CT molecular complexity index is 475. The third-order valence-electron chi connectivity index (χ3n) is 5.18. The van der Waals surface area contributed by atoms with Crippen LogP contribution in [0.4, 0.5) is 0 Å². The Labute approximate surface area is 173 Å². The first kappa shape index (κ1) is 24.9. The van der Waals surface area contributed by atoms with Gasteiger partial charge in [0.05, 0.1) is 25.4 Å². The molecule has 0 amide bonds. The fourth-order valence-electron chi connectivity index (χ4n) is 3.29. The number of benzene rings is 1. The van der Waals surface area contributed by atoms with Gasteiger partial charge in [-0.05, 0) is 18.4 Å². The van der Waals surface area contributed by atoms with Crippen LogP contribution in [0.1, 0.15) is 89.5 Å². The zero-order chi connectivity index (χ0) is 20.3. The number of allylic oxidation sites excluding steroid dienone is 1. The van der Waals surface area contributed by atoms with E-state index in [0.717, 1.165) is 12.0 Å². The van der Waals surface area contributed by atoms with Crippen LogP contribution in [0.2, 0.25) is 0 Å². The van der Waals surface area contributed by atoms with Crippen LogP contribution in [0, 0.1) is 0 Å². The molecule has 0 aliphatic carbocycles. The van der Waals surface area contributed by atoms with Crippen LogP contribution in [0.5, 0.6) is 0 Å². The molecular weight excluding hydrogens is 346 g/mol. The maximum absolute atomic E-state index is 10.1. The molecule has 0 spiro atoms. The summed E-state index contributed by atoms with van der Waals surface area (Å²) >= 11 is 0. The Morgan fingerprint density at radius 3 is 2.07 bits per heavy atom. The summed E-state index contributed by atoms with van der Waals surface area (Å²) in [6.45, 7) is 3.04. The summed E-state index contributed by atoms with van der Waals surface area (Å²) in [5.74, 6) is 0. The van der Waals surface area contributed by atoms with E-state index < -0.39 is 6.10 Å². The Morgan fingerprint density at radius 1 is 0.893 bits per heavy atom. The van der Waals surface area contributed by atoms with Crippen LogP contribution in [0.25, 0.3) is 0 Å². The van der Waals surface area contributed by atoms with E-state index >= 15 is 0 Å². The number of unbranched alkanes of at least 4 members (excludes halogenated alkanes) is 11. The molecule has 160 valence electrons. The van der Waals surface area contributed by atoms with Crippen molar-refractivity contribution in [3.63, 3.8) is 0 Å². The van der Waals surface area contributed by atoms with Crippen LogP contribution in [0.3, 0.4) is 0 Å². The largest absolute Gasteiger partial charge is 0.389 e. The van der Waals surface area contributed by atoms with Gasteiger partial charge in [0, 0.05) is 0 Å². The zero-order valence-electron chi connectivity index (χ0n) is 18.0. The molecule has 3 nitrogen and oxygen atoms in total. The third-order valence-corrected chi connectivity index (χ3v) is 5.18. The van der Waals surface area contributed by atoms with Gasteiger partial charge in [-0.15, -0.1) is 0 Å². The van der Waals surface area contributed by atoms with Crippen LogP contribution in [-0.2, 0) is 11.3 Å². The zero-order valence-corrected chi connectivity index (χ0v) is 18.0. The van der Waals surface area contributed by atoms with Crippen molar-refractivity contribution in [3.05, 3.63) is 48.0 Å². The number of hydrogen-bond donors (Lipinski definition) is 2. The summed E-state index contributed by atoms with van der Waals surface area (Å²) in [6, 6.07) is 9.62. The first-order chi connectivity index (χ1) is 13.7. The van der Waals surface area contributed by atoms with Gasteiger partial charge in [0.1, 0.15) is 0 Å². The average Bonchev–Trinajstić information content (AvgIpc) is 2.72. The van der Waals surface area contributed by atoms with Gasteiger partial charge in [-0.1, -0.05) is 114 Å². The lowest BCUT2D eigenvalue weighted by Crippen LogP contribution is -2.36. The highest BCUT2D eigenvalue weighted by Crippen LogP contribution is 2.12. The van der Waals surface area contributed by atoms with Crippen molar-refractivity contribution in [2.24, 2.45) is 5.73 Å². The van der Waals surface area contributed by atoms with E-state index in [1.807, 2.05) is 36.4 Å². The van der Waals surface area contributed by atoms with E-state index in [0.29, 0.717) is 6.61 Å². The molecule has 0 fully saturated rings. The number of hydrogen-bond acceptors (Lipinski definition) is 3. The van der Waals surface area contributed by atoms with Gasteiger partial charge in [0.25, 0.3) is 0 Å². The fraction of sp³-hybridized carbons (Fsp3) is 0.680. The highest BCUT2D eigenvalue weighted by molar-refractivity contribution is 5.13. The minimum atomic E-state index is -0.655. The van der Waals surface area contributed by atoms with Crippen molar-refractivity contribution in [2.75, 3.05) is 6.61 Å². The monoisotopic (exact) mass is 389 g/mol. The maximum atomic E-state index is 10.1. The first-order valence-electron chi connectivity index (χ1n) is 11.5. The van der Waals surface area contributed by atoms with Crippen LogP contribution < -0.4 is 5.73 Å². The Morgan fingerprint density at radius 2 is 1.46 bits per heavy atom. The molecule has 0 aromatic heterocycles.